The Kier molecular flexibility index (Phi) is 5.43. The maximum absolute atomic E-state index is 12.8. The lowest BCUT2D eigenvalue weighted by atomic mass is 9.99. The van der Waals surface area contributed by atoms with E-state index in [0.717, 1.165) is 35.2 Å². The number of ether oxygens (including phenoxy) is 1. The zero-order valence-electron chi connectivity index (χ0n) is 16.1. The molecule has 1 unspecified atom stereocenters. The first-order valence-electron chi connectivity index (χ1n) is 9.58. The van der Waals surface area contributed by atoms with E-state index in [2.05, 4.69) is 23.1 Å². The maximum Gasteiger partial charge on any atom is 0.416 e. The van der Waals surface area contributed by atoms with Crippen molar-refractivity contribution in [2.75, 3.05) is 13.7 Å². The third-order valence-corrected chi connectivity index (χ3v) is 5.27. The van der Waals surface area contributed by atoms with Gasteiger partial charge in [0.1, 0.15) is 6.23 Å². The highest BCUT2D eigenvalue weighted by Gasteiger charge is 2.30. The van der Waals surface area contributed by atoms with Gasteiger partial charge in [-0.2, -0.15) is 13.2 Å². The summed E-state index contributed by atoms with van der Waals surface area (Å²) in [7, 11) is 2.03. The number of benzene rings is 3. The fraction of sp³-hybridized carbons (Fsp3) is 0.250. The summed E-state index contributed by atoms with van der Waals surface area (Å²) in [6.45, 7) is 1.37. The van der Waals surface area contributed by atoms with Gasteiger partial charge in [-0.1, -0.05) is 54.6 Å². The number of rotatable bonds is 4. The van der Waals surface area contributed by atoms with Gasteiger partial charge in [-0.15, -0.1) is 0 Å². The predicted molar refractivity (Wildman–Crippen MR) is 107 cm³/mol. The van der Waals surface area contributed by atoms with Gasteiger partial charge in [-0.05, 0) is 59.5 Å². The number of fused-ring (bicyclic) bond motifs is 1. The van der Waals surface area contributed by atoms with Crippen molar-refractivity contribution < 1.29 is 17.9 Å². The number of halogens is 3. The van der Waals surface area contributed by atoms with Gasteiger partial charge in [0.15, 0.2) is 0 Å². The van der Waals surface area contributed by atoms with Crippen LogP contribution in [0.4, 0.5) is 13.2 Å². The summed E-state index contributed by atoms with van der Waals surface area (Å²) in [4.78, 5) is 2.16. The van der Waals surface area contributed by atoms with E-state index >= 15 is 0 Å². The molecule has 0 saturated carbocycles. The van der Waals surface area contributed by atoms with Gasteiger partial charge in [0.05, 0.1) is 12.2 Å². The standard InChI is InChI=1S/C24H22F3NO/c1-28(23-22-8-3-2-6-19(22)13-14-29-23)16-17-5-4-7-20(15-17)18-9-11-21(12-10-18)24(25,26)27/h2-12,15,23H,13-14,16H2,1H3. The fourth-order valence-electron chi connectivity index (χ4n) is 3.81. The van der Waals surface area contributed by atoms with Crippen LogP contribution in [0.1, 0.15) is 28.5 Å². The SMILES string of the molecule is CN(Cc1cccc(-c2ccc(C(F)(F)F)cc2)c1)C1OCCc2ccccc21. The summed E-state index contributed by atoms with van der Waals surface area (Å²) in [5.41, 5.74) is 4.62. The fourth-order valence-corrected chi connectivity index (χ4v) is 3.81. The first-order chi connectivity index (χ1) is 13.9. The predicted octanol–water partition coefficient (Wildman–Crippen LogP) is 6.08. The summed E-state index contributed by atoms with van der Waals surface area (Å²) >= 11 is 0. The number of hydrogen-bond donors (Lipinski definition) is 0. The van der Waals surface area contributed by atoms with Gasteiger partial charge < -0.3 is 4.74 Å². The van der Waals surface area contributed by atoms with Crippen LogP contribution in [0.5, 0.6) is 0 Å². The molecule has 29 heavy (non-hydrogen) atoms. The molecule has 1 atom stereocenters. The minimum absolute atomic E-state index is 0.102. The van der Waals surface area contributed by atoms with Gasteiger partial charge in [-0.3, -0.25) is 4.90 Å². The summed E-state index contributed by atoms with van der Waals surface area (Å²) < 4.78 is 44.4. The molecule has 3 aromatic carbocycles. The molecule has 150 valence electrons. The molecule has 3 aromatic rings. The van der Waals surface area contributed by atoms with Crippen LogP contribution >= 0.6 is 0 Å². The lowest BCUT2D eigenvalue weighted by Crippen LogP contribution is -2.30. The van der Waals surface area contributed by atoms with Crippen molar-refractivity contribution in [1.82, 2.24) is 4.90 Å². The molecule has 0 fully saturated rings. The van der Waals surface area contributed by atoms with Crippen molar-refractivity contribution in [3.05, 3.63) is 95.1 Å². The van der Waals surface area contributed by atoms with Crippen molar-refractivity contribution in [3.63, 3.8) is 0 Å². The number of alkyl halides is 3. The lowest BCUT2D eigenvalue weighted by Gasteiger charge is -2.33. The van der Waals surface area contributed by atoms with Crippen LogP contribution in [0.2, 0.25) is 0 Å². The highest BCUT2D eigenvalue weighted by Crippen LogP contribution is 2.32. The third-order valence-electron chi connectivity index (χ3n) is 5.27. The number of nitrogens with zero attached hydrogens (tertiary/aromatic N) is 1. The molecule has 0 saturated heterocycles. The molecule has 5 heteroatoms. The van der Waals surface area contributed by atoms with Gasteiger partial charge in [0.2, 0.25) is 0 Å². The van der Waals surface area contributed by atoms with Crippen LogP contribution in [-0.4, -0.2) is 18.6 Å². The molecule has 0 bridgehead atoms. The molecule has 1 aliphatic heterocycles. The molecule has 1 heterocycles. The highest BCUT2D eigenvalue weighted by molar-refractivity contribution is 5.64. The van der Waals surface area contributed by atoms with Crippen molar-refractivity contribution in [3.8, 4) is 11.1 Å². The Labute approximate surface area is 168 Å². The minimum Gasteiger partial charge on any atom is -0.358 e. The van der Waals surface area contributed by atoms with Gasteiger partial charge in [0.25, 0.3) is 0 Å². The molecule has 0 amide bonds. The van der Waals surface area contributed by atoms with E-state index in [-0.39, 0.29) is 6.23 Å². The van der Waals surface area contributed by atoms with E-state index in [1.165, 1.54) is 23.3 Å². The molecule has 4 rings (SSSR count). The van der Waals surface area contributed by atoms with Gasteiger partial charge in [0, 0.05) is 6.54 Å². The van der Waals surface area contributed by atoms with E-state index in [1.54, 1.807) is 0 Å². The van der Waals surface area contributed by atoms with E-state index in [0.29, 0.717) is 13.2 Å². The Morgan fingerprint density at radius 1 is 0.931 bits per heavy atom. The minimum atomic E-state index is -4.32. The van der Waals surface area contributed by atoms with Crippen molar-refractivity contribution in [2.45, 2.75) is 25.4 Å². The number of hydrogen-bond acceptors (Lipinski definition) is 2. The largest absolute Gasteiger partial charge is 0.416 e. The Morgan fingerprint density at radius 3 is 2.45 bits per heavy atom. The third kappa shape index (κ3) is 4.36. The molecule has 2 nitrogen and oxygen atoms in total. The average molecular weight is 397 g/mol. The molecule has 0 N–H and O–H groups in total. The first-order valence-corrected chi connectivity index (χ1v) is 9.58. The molecule has 0 aromatic heterocycles. The van der Waals surface area contributed by atoms with Gasteiger partial charge >= 0.3 is 6.18 Å². The zero-order valence-corrected chi connectivity index (χ0v) is 16.1. The average Bonchev–Trinajstić information content (AvgIpc) is 2.73. The molecule has 0 radical (unpaired) electrons. The first kappa shape index (κ1) is 19.7. The monoisotopic (exact) mass is 397 g/mol. The van der Waals surface area contributed by atoms with Crippen LogP contribution in [0.3, 0.4) is 0 Å². The molecule has 0 aliphatic carbocycles. The Balaban J connectivity index is 1.52. The normalized spacial score (nSPS) is 16.7. The summed E-state index contributed by atoms with van der Waals surface area (Å²) in [6, 6.07) is 21.5. The maximum atomic E-state index is 12.8. The Bertz CT molecular complexity index is 982. The smallest absolute Gasteiger partial charge is 0.358 e. The summed E-state index contributed by atoms with van der Waals surface area (Å²) in [5, 5.41) is 0. The summed E-state index contributed by atoms with van der Waals surface area (Å²) in [5.74, 6) is 0. The highest BCUT2D eigenvalue weighted by atomic mass is 19.4. The van der Waals surface area contributed by atoms with Crippen LogP contribution in [-0.2, 0) is 23.9 Å². The quantitative estimate of drug-likeness (QED) is 0.529. The topological polar surface area (TPSA) is 12.5 Å². The second-order valence-electron chi connectivity index (χ2n) is 7.36. The van der Waals surface area contributed by atoms with Crippen LogP contribution < -0.4 is 0 Å². The van der Waals surface area contributed by atoms with E-state index < -0.39 is 11.7 Å². The van der Waals surface area contributed by atoms with Crippen LogP contribution in [0.25, 0.3) is 11.1 Å². The summed E-state index contributed by atoms with van der Waals surface area (Å²) in [6.07, 6.45) is -3.50. The van der Waals surface area contributed by atoms with E-state index in [9.17, 15) is 13.2 Å². The molecular formula is C24H22F3NO. The van der Waals surface area contributed by atoms with Gasteiger partial charge in [-0.25, -0.2) is 0 Å². The van der Waals surface area contributed by atoms with E-state index in [1.807, 2.05) is 37.4 Å². The molecular weight excluding hydrogens is 375 g/mol. The zero-order chi connectivity index (χ0) is 20.4. The molecule has 1 aliphatic rings. The Hall–Kier alpha value is -2.63. The van der Waals surface area contributed by atoms with Crippen molar-refractivity contribution >= 4 is 0 Å². The van der Waals surface area contributed by atoms with Crippen LogP contribution in [0.15, 0.2) is 72.8 Å². The van der Waals surface area contributed by atoms with Crippen molar-refractivity contribution in [2.24, 2.45) is 0 Å². The Morgan fingerprint density at radius 2 is 1.69 bits per heavy atom. The lowest BCUT2D eigenvalue weighted by molar-refractivity contribution is -0.137. The second kappa shape index (κ2) is 8.01. The van der Waals surface area contributed by atoms with Crippen molar-refractivity contribution in [1.29, 1.82) is 0 Å². The molecule has 0 spiro atoms. The second-order valence-corrected chi connectivity index (χ2v) is 7.36. The van der Waals surface area contributed by atoms with E-state index in [4.69, 9.17) is 4.74 Å². The van der Waals surface area contributed by atoms with Crippen LogP contribution in [0, 0.1) is 0 Å².